The number of nitrogens with zero attached hydrogens (tertiary/aromatic N) is 2. The number of fused-ring (bicyclic) bond motifs is 1. The number of aromatic amines is 1. The number of hydrogen-bond acceptors (Lipinski definition) is 5. The van der Waals surface area contributed by atoms with E-state index in [-0.39, 0.29) is 17.4 Å². The van der Waals surface area contributed by atoms with Gasteiger partial charge in [0.2, 0.25) is 0 Å². The van der Waals surface area contributed by atoms with Gasteiger partial charge in [-0.15, -0.1) is 0 Å². The van der Waals surface area contributed by atoms with Crippen LogP contribution in [-0.2, 0) is 0 Å². The lowest BCUT2D eigenvalue weighted by atomic mass is 10.0. The van der Waals surface area contributed by atoms with Crippen molar-refractivity contribution < 1.29 is 9.59 Å². The highest BCUT2D eigenvalue weighted by Crippen LogP contribution is 2.28. The molecule has 0 aliphatic heterocycles. The third-order valence-electron chi connectivity index (χ3n) is 5.47. The summed E-state index contributed by atoms with van der Waals surface area (Å²) in [7, 11) is 0. The van der Waals surface area contributed by atoms with Crippen molar-refractivity contribution in [3.05, 3.63) is 78.2 Å². The van der Waals surface area contributed by atoms with Crippen molar-refractivity contribution >= 4 is 40.0 Å². The maximum absolute atomic E-state index is 13.1. The third-order valence-corrected chi connectivity index (χ3v) is 5.47. The minimum Gasteiger partial charge on any atom is -0.345 e. The van der Waals surface area contributed by atoms with Gasteiger partial charge in [-0.1, -0.05) is 43.3 Å². The van der Waals surface area contributed by atoms with Crippen LogP contribution in [0.4, 0.5) is 22.0 Å². The van der Waals surface area contributed by atoms with E-state index in [0.717, 1.165) is 6.42 Å². The highest BCUT2D eigenvalue weighted by Gasteiger charge is 2.19. The maximum Gasteiger partial charge on any atom is 0.319 e. The molecule has 0 radical (unpaired) electrons. The quantitative estimate of drug-likeness (QED) is 0.292. The van der Waals surface area contributed by atoms with Gasteiger partial charge in [-0.25, -0.2) is 14.8 Å². The van der Waals surface area contributed by atoms with E-state index in [1.807, 2.05) is 51.1 Å². The summed E-state index contributed by atoms with van der Waals surface area (Å²) in [6.07, 6.45) is 3.89. The van der Waals surface area contributed by atoms with E-state index in [0.29, 0.717) is 39.4 Å². The number of nitrogens with one attached hydrogen (secondary N) is 4. The topological polar surface area (TPSA) is 112 Å². The fourth-order valence-electron chi connectivity index (χ4n) is 3.35. The zero-order chi connectivity index (χ0) is 23.4. The van der Waals surface area contributed by atoms with E-state index in [2.05, 4.69) is 30.9 Å². The molecule has 4 N–H and O–H groups in total. The number of urea groups is 1. The predicted octanol–water partition coefficient (Wildman–Crippen LogP) is 5.24. The van der Waals surface area contributed by atoms with Crippen LogP contribution in [0.25, 0.3) is 11.0 Å². The average molecular weight is 443 g/mol. The van der Waals surface area contributed by atoms with Gasteiger partial charge >= 0.3 is 6.03 Å². The molecule has 2 aromatic carbocycles. The van der Waals surface area contributed by atoms with Crippen LogP contribution in [0.3, 0.4) is 0 Å². The fourth-order valence-corrected chi connectivity index (χ4v) is 3.35. The molecule has 0 aliphatic rings. The molecule has 8 nitrogen and oxygen atoms in total. The van der Waals surface area contributed by atoms with Crippen molar-refractivity contribution in [2.45, 2.75) is 32.7 Å². The first-order chi connectivity index (χ1) is 15.9. The summed E-state index contributed by atoms with van der Waals surface area (Å²) >= 11 is 0. The minimum absolute atomic E-state index is 0.120. The maximum atomic E-state index is 13.1. The van der Waals surface area contributed by atoms with Gasteiger partial charge in [0.05, 0.1) is 10.9 Å². The molecule has 0 aliphatic carbocycles. The third kappa shape index (κ3) is 5.01. The molecular weight excluding hydrogens is 416 g/mol. The van der Waals surface area contributed by atoms with E-state index in [1.54, 1.807) is 30.5 Å². The van der Waals surface area contributed by atoms with Gasteiger partial charge in [0.15, 0.2) is 5.78 Å². The van der Waals surface area contributed by atoms with E-state index >= 15 is 0 Å². The molecule has 33 heavy (non-hydrogen) atoms. The van der Waals surface area contributed by atoms with E-state index < -0.39 is 0 Å². The van der Waals surface area contributed by atoms with Gasteiger partial charge in [0.25, 0.3) is 0 Å². The van der Waals surface area contributed by atoms with Crippen LogP contribution < -0.4 is 16.0 Å². The second-order valence-electron chi connectivity index (χ2n) is 8.37. The van der Waals surface area contributed by atoms with Gasteiger partial charge < -0.3 is 20.9 Å². The molecule has 0 bridgehead atoms. The zero-order valence-corrected chi connectivity index (χ0v) is 18.8. The van der Waals surface area contributed by atoms with Crippen LogP contribution in [0.5, 0.6) is 0 Å². The number of carbonyl (C=O) groups is 2. The Balaban J connectivity index is 1.60. The number of H-pyrrole nitrogens is 1. The molecule has 2 aromatic heterocycles. The summed E-state index contributed by atoms with van der Waals surface area (Å²) in [4.78, 5) is 37.1. The Kier molecular flexibility index (Phi) is 6.08. The number of benzene rings is 2. The van der Waals surface area contributed by atoms with Crippen molar-refractivity contribution in [3.8, 4) is 0 Å². The van der Waals surface area contributed by atoms with Crippen LogP contribution >= 0.6 is 0 Å². The largest absolute Gasteiger partial charge is 0.345 e. The summed E-state index contributed by atoms with van der Waals surface area (Å²) < 4.78 is 0. The number of hydrogen-bond donors (Lipinski definition) is 4. The van der Waals surface area contributed by atoms with Gasteiger partial charge in [-0.3, -0.25) is 4.79 Å². The number of carbonyl (C=O) groups excluding carboxylic acids is 2. The predicted molar refractivity (Wildman–Crippen MR) is 130 cm³/mol. The minimum atomic E-state index is -0.303. The molecule has 0 saturated carbocycles. The van der Waals surface area contributed by atoms with Crippen LogP contribution in [0.15, 0.2) is 67.1 Å². The smallest absolute Gasteiger partial charge is 0.319 e. The lowest BCUT2D eigenvalue weighted by Gasteiger charge is -2.24. The van der Waals surface area contributed by atoms with Crippen molar-refractivity contribution in [1.29, 1.82) is 0 Å². The molecule has 2 heterocycles. The highest BCUT2D eigenvalue weighted by molar-refractivity contribution is 6.18. The molecule has 4 aromatic rings. The van der Waals surface area contributed by atoms with Gasteiger partial charge in [0, 0.05) is 28.7 Å². The number of amides is 2. The number of anilines is 3. The zero-order valence-electron chi connectivity index (χ0n) is 18.8. The Hall–Kier alpha value is -4.20. The molecule has 168 valence electrons. The Morgan fingerprint density at radius 2 is 1.76 bits per heavy atom. The first-order valence-electron chi connectivity index (χ1n) is 10.7. The van der Waals surface area contributed by atoms with Gasteiger partial charge in [-0.2, -0.15) is 0 Å². The molecule has 8 heteroatoms. The van der Waals surface area contributed by atoms with Crippen molar-refractivity contribution in [1.82, 2.24) is 20.3 Å². The Morgan fingerprint density at radius 1 is 1.00 bits per heavy atom. The second-order valence-corrected chi connectivity index (χ2v) is 8.37. The van der Waals surface area contributed by atoms with Crippen molar-refractivity contribution in [3.63, 3.8) is 0 Å². The van der Waals surface area contributed by atoms with Gasteiger partial charge in [0.1, 0.15) is 17.8 Å². The standard InChI is InChI=1S/C25H26N6O2/c1-4-25(2,3)31-24(33)30-18-12-8-11-17(13-18)29-23-20-19(14-26-22(20)27-15-28-23)21(32)16-9-6-5-7-10-16/h5-15H,4H2,1-3H3,(H2,30,31,33)(H2,26,27,28,29). The summed E-state index contributed by atoms with van der Waals surface area (Å²) in [5.41, 5.74) is 2.66. The van der Waals surface area contributed by atoms with E-state index in [1.165, 1.54) is 6.33 Å². The molecule has 0 spiro atoms. The SMILES string of the molecule is CCC(C)(C)NC(=O)Nc1cccc(Nc2ncnc3[nH]cc(C(=O)c4ccccc4)c23)c1. The molecule has 0 saturated heterocycles. The van der Waals surface area contributed by atoms with Crippen LogP contribution in [0.1, 0.15) is 43.1 Å². The lowest BCUT2D eigenvalue weighted by molar-refractivity contribution is 0.104. The first-order valence-corrected chi connectivity index (χ1v) is 10.7. The number of aromatic nitrogens is 3. The molecule has 0 fully saturated rings. The lowest BCUT2D eigenvalue weighted by Crippen LogP contribution is -2.45. The summed E-state index contributed by atoms with van der Waals surface area (Å²) in [6.45, 7) is 5.96. The van der Waals surface area contributed by atoms with Crippen molar-refractivity contribution in [2.75, 3.05) is 10.6 Å². The Morgan fingerprint density at radius 3 is 2.52 bits per heavy atom. The summed E-state index contributed by atoms with van der Waals surface area (Å²) in [6, 6.07) is 16.1. The summed E-state index contributed by atoms with van der Waals surface area (Å²) in [5.74, 6) is 0.375. The van der Waals surface area contributed by atoms with E-state index in [4.69, 9.17) is 0 Å². The normalized spacial score (nSPS) is 11.2. The van der Waals surface area contributed by atoms with Crippen LogP contribution in [0.2, 0.25) is 0 Å². The number of rotatable bonds is 7. The molecule has 0 atom stereocenters. The molecular formula is C25H26N6O2. The Bertz CT molecular complexity index is 1300. The fraction of sp³-hybridized carbons (Fsp3) is 0.200. The molecule has 2 amide bonds. The first kappa shape index (κ1) is 22.0. The highest BCUT2D eigenvalue weighted by atomic mass is 16.2. The Labute approximate surface area is 191 Å². The van der Waals surface area contributed by atoms with Crippen molar-refractivity contribution in [2.24, 2.45) is 0 Å². The summed E-state index contributed by atoms with van der Waals surface area (Å²) in [5, 5.41) is 9.67. The number of ketones is 1. The van der Waals surface area contributed by atoms with Gasteiger partial charge in [-0.05, 0) is 38.5 Å². The molecule has 4 rings (SSSR count). The second kappa shape index (κ2) is 9.12. The average Bonchev–Trinajstić information content (AvgIpc) is 3.24. The van der Waals surface area contributed by atoms with Crippen LogP contribution in [0, 0.1) is 0 Å². The monoisotopic (exact) mass is 442 g/mol. The van der Waals surface area contributed by atoms with Crippen LogP contribution in [-0.4, -0.2) is 32.3 Å². The molecule has 0 unspecified atom stereocenters. The van der Waals surface area contributed by atoms with E-state index in [9.17, 15) is 9.59 Å².